The molecule has 0 saturated carbocycles. The first-order valence-electron chi connectivity index (χ1n) is 5.48. The van der Waals surface area contributed by atoms with Gasteiger partial charge in [-0.1, -0.05) is 6.07 Å². The zero-order valence-corrected chi connectivity index (χ0v) is 10.1. The molecule has 0 fully saturated rings. The molecular weight excluding hydrogens is 216 g/mol. The first-order chi connectivity index (χ1) is 8.11. The van der Waals surface area contributed by atoms with Crippen molar-refractivity contribution in [3.8, 4) is 0 Å². The number of pyridine rings is 1. The van der Waals surface area contributed by atoms with Crippen molar-refractivity contribution in [3.63, 3.8) is 0 Å². The maximum atomic E-state index is 12.1. The molecule has 0 aliphatic carbocycles. The highest BCUT2D eigenvalue weighted by atomic mass is 16.1. The Morgan fingerprint density at radius 1 is 1.41 bits per heavy atom. The van der Waals surface area contributed by atoms with Crippen molar-refractivity contribution in [1.29, 1.82) is 0 Å². The molecule has 0 atom stereocenters. The highest BCUT2D eigenvalue weighted by Gasteiger charge is 2.06. The summed E-state index contributed by atoms with van der Waals surface area (Å²) in [6, 6.07) is 3.71. The van der Waals surface area contributed by atoms with Crippen molar-refractivity contribution in [2.24, 2.45) is 12.8 Å². The number of aryl methyl sites for hydroxylation is 2. The highest BCUT2D eigenvalue weighted by Crippen LogP contribution is 2.03. The van der Waals surface area contributed by atoms with Gasteiger partial charge in [-0.15, -0.1) is 0 Å². The van der Waals surface area contributed by atoms with Gasteiger partial charge in [0.25, 0.3) is 5.56 Å². The van der Waals surface area contributed by atoms with Gasteiger partial charge in [0, 0.05) is 36.6 Å². The van der Waals surface area contributed by atoms with E-state index in [0.717, 1.165) is 11.3 Å². The van der Waals surface area contributed by atoms with Crippen molar-refractivity contribution < 1.29 is 0 Å². The van der Waals surface area contributed by atoms with Gasteiger partial charge < -0.3 is 10.3 Å². The Balaban J connectivity index is 2.41. The molecule has 2 aromatic rings. The van der Waals surface area contributed by atoms with E-state index < -0.39 is 0 Å². The molecule has 0 bridgehead atoms. The van der Waals surface area contributed by atoms with Crippen LogP contribution in [0.5, 0.6) is 0 Å². The average Bonchev–Trinajstić information content (AvgIpc) is 2.70. The van der Waals surface area contributed by atoms with Gasteiger partial charge in [0.1, 0.15) is 0 Å². The molecule has 0 aromatic carbocycles. The molecule has 0 unspecified atom stereocenters. The minimum Gasteiger partial charge on any atom is -0.326 e. The Morgan fingerprint density at radius 3 is 2.76 bits per heavy atom. The number of aromatic nitrogens is 3. The fraction of sp³-hybridized carbons (Fsp3) is 0.333. The highest BCUT2D eigenvalue weighted by molar-refractivity contribution is 5.17. The summed E-state index contributed by atoms with van der Waals surface area (Å²) in [7, 11) is 1.86. The second-order valence-electron chi connectivity index (χ2n) is 4.12. The zero-order valence-electron chi connectivity index (χ0n) is 10.1. The van der Waals surface area contributed by atoms with Crippen LogP contribution in [0, 0.1) is 6.92 Å². The molecule has 0 spiro atoms. The standard InChI is InChI=1S/C12H16N4O/c1-9-3-4-11(5-13)12(17)16(9)8-10-6-14-15(2)7-10/h3-4,6-7H,5,8,13H2,1-2H3. The van der Waals surface area contributed by atoms with Crippen molar-refractivity contribution in [2.45, 2.75) is 20.0 Å². The fourth-order valence-electron chi connectivity index (χ4n) is 1.80. The maximum absolute atomic E-state index is 12.1. The van der Waals surface area contributed by atoms with E-state index in [2.05, 4.69) is 5.10 Å². The lowest BCUT2D eigenvalue weighted by atomic mass is 10.2. The van der Waals surface area contributed by atoms with Gasteiger partial charge in [-0.2, -0.15) is 5.10 Å². The van der Waals surface area contributed by atoms with E-state index in [-0.39, 0.29) is 12.1 Å². The van der Waals surface area contributed by atoms with Gasteiger partial charge in [0.15, 0.2) is 0 Å². The first-order valence-corrected chi connectivity index (χ1v) is 5.48. The van der Waals surface area contributed by atoms with Crippen LogP contribution in [0.3, 0.4) is 0 Å². The van der Waals surface area contributed by atoms with Crippen LogP contribution >= 0.6 is 0 Å². The first kappa shape index (κ1) is 11.6. The van der Waals surface area contributed by atoms with Crippen LogP contribution in [0.2, 0.25) is 0 Å². The van der Waals surface area contributed by atoms with Crippen molar-refractivity contribution in [1.82, 2.24) is 14.3 Å². The Hall–Kier alpha value is -1.88. The average molecular weight is 232 g/mol. The molecule has 0 radical (unpaired) electrons. The molecule has 0 saturated heterocycles. The fourth-order valence-corrected chi connectivity index (χ4v) is 1.80. The molecule has 5 nitrogen and oxygen atoms in total. The van der Waals surface area contributed by atoms with Crippen LogP contribution in [0.25, 0.3) is 0 Å². The van der Waals surface area contributed by atoms with E-state index >= 15 is 0 Å². The predicted molar refractivity (Wildman–Crippen MR) is 65.6 cm³/mol. The van der Waals surface area contributed by atoms with Gasteiger partial charge in [-0.25, -0.2) is 0 Å². The van der Waals surface area contributed by atoms with Gasteiger partial charge in [0.2, 0.25) is 0 Å². The molecule has 17 heavy (non-hydrogen) atoms. The summed E-state index contributed by atoms with van der Waals surface area (Å²) in [5, 5.41) is 4.09. The number of rotatable bonds is 3. The quantitative estimate of drug-likeness (QED) is 0.833. The van der Waals surface area contributed by atoms with Crippen molar-refractivity contribution in [2.75, 3.05) is 0 Å². The topological polar surface area (TPSA) is 65.8 Å². The summed E-state index contributed by atoms with van der Waals surface area (Å²) < 4.78 is 3.45. The summed E-state index contributed by atoms with van der Waals surface area (Å²) in [6.07, 6.45) is 3.67. The summed E-state index contributed by atoms with van der Waals surface area (Å²) in [6.45, 7) is 2.72. The second-order valence-corrected chi connectivity index (χ2v) is 4.12. The molecule has 0 aliphatic heterocycles. The number of nitrogens with zero attached hydrogens (tertiary/aromatic N) is 3. The van der Waals surface area contributed by atoms with E-state index in [9.17, 15) is 4.79 Å². The monoisotopic (exact) mass is 232 g/mol. The zero-order chi connectivity index (χ0) is 12.4. The lowest BCUT2D eigenvalue weighted by molar-refractivity contribution is 0.714. The number of hydrogen-bond donors (Lipinski definition) is 1. The van der Waals surface area contributed by atoms with E-state index in [1.54, 1.807) is 21.5 Å². The van der Waals surface area contributed by atoms with E-state index in [1.807, 2.05) is 26.2 Å². The van der Waals surface area contributed by atoms with Gasteiger partial charge in [-0.3, -0.25) is 9.48 Å². The minimum atomic E-state index is -0.0173. The molecule has 0 aliphatic rings. The number of nitrogens with two attached hydrogens (primary N) is 1. The minimum absolute atomic E-state index is 0.0173. The lowest BCUT2D eigenvalue weighted by Gasteiger charge is -2.10. The Morgan fingerprint density at radius 2 is 2.18 bits per heavy atom. The third-order valence-electron chi connectivity index (χ3n) is 2.79. The van der Waals surface area contributed by atoms with Crippen LogP contribution < -0.4 is 11.3 Å². The molecule has 5 heteroatoms. The van der Waals surface area contributed by atoms with Crippen LogP contribution in [-0.4, -0.2) is 14.3 Å². The van der Waals surface area contributed by atoms with E-state index in [1.165, 1.54) is 0 Å². The summed E-state index contributed by atoms with van der Waals surface area (Å²) in [5.41, 5.74) is 8.09. The maximum Gasteiger partial charge on any atom is 0.255 e. The van der Waals surface area contributed by atoms with Crippen LogP contribution in [0.1, 0.15) is 16.8 Å². The molecule has 90 valence electrons. The second kappa shape index (κ2) is 4.55. The lowest BCUT2D eigenvalue weighted by Crippen LogP contribution is -2.27. The normalized spacial score (nSPS) is 10.8. The van der Waals surface area contributed by atoms with Crippen LogP contribution in [0.4, 0.5) is 0 Å². The summed E-state index contributed by atoms with van der Waals surface area (Å²) >= 11 is 0. The van der Waals surface area contributed by atoms with Gasteiger partial charge in [0.05, 0.1) is 12.7 Å². The van der Waals surface area contributed by atoms with Crippen LogP contribution in [0.15, 0.2) is 29.3 Å². The predicted octanol–water partition coefficient (Wildman–Crippen LogP) is 0.397. The number of hydrogen-bond acceptors (Lipinski definition) is 3. The summed E-state index contributed by atoms with van der Waals surface area (Å²) in [5.74, 6) is 0. The summed E-state index contributed by atoms with van der Waals surface area (Å²) in [4.78, 5) is 12.1. The smallest absolute Gasteiger partial charge is 0.255 e. The molecule has 2 aromatic heterocycles. The molecule has 2 rings (SSSR count). The Labute approximate surface area is 99.5 Å². The largest absolute Gasteiger partial charge is 0.326 e. The molecule has 2 heterocycles. The molecular formula is C12H16N4O. The van der Waals surface area contributed by atoms with Crippen molar-refractivity contribution in [3.05, 3.63) is 51.7 Å². The molecule has 0 amide bonds. The molecule has 2 N–H and O–H groups in total. The van der Waals surface area contributed by atoms with Gasteiger partial charge in [-0.05, 0) is 13.0 Å². The van der Waals surface area contributed by atoms with Gasteiger partial charge >= 0.3 is 0 Å². The Kier molecular flexibility index (Phi) is 3.10. The SMILES string of the molecule is Cc1ccc(CN)c(=O)n1Cc1cnn(C)c1. The van der Waals surface area contributed by atoms with E-state index in [4.69, 9.17) is 5.73 Å². The van der Waals surface area contributed by atoms with E-state index in [0.29, 0.717) is 12.1 Å². The Bertz CT molecular complexity index is 582. The third kappa shape index (κ3) is 2.29. The van der Waals surface area contributed by atoms with Crippen LogP contribution in [-0.2, 0) is 20.1 Å². The third-order valence-corrected chi connectivity index (χ3v) is 2.79. The van der Waals surface area contributed by atoms with Crippen molar-refractivity contribution >= 4 is 0 Å².